The fraction of sp³-hybridized carbons (Fsp3) is 0.333. The van der Waals surface area contributed by atoms with Crippen molar-refractivity contribution in [3.05, 3.63) is 94.5 Å². The highest BCUT2D eigenvalue weighted by molar-refractivity contribution is 7.92. The van der Waals surface area contributed by atoms with Crippen LogP contribution in [0.3, 0.4) is 0 Å². The summed E-state index contributed by atoms with van der Waals surface area (Å²) in [4.78, 5) is 28.8. The van der Waals surface area contributed by atoms with E-state index in [9.17, 15) is 18.0 Å². The summed E-state index contributed by atoms with van der Waals surface area (Å²) < 4.78 is 28.9. The van der Waals surface area contributed by atoms with E-state index >= 15 is 0 Å². The molecule has 0 bridgehead atoms. The minimum atomic E-state index is -4.12. The van der Waals surface area contributed by atoms with E-state index in [-0.39, 0.29) is 17.3 Å². The second-order valence-electron chi connectivity index (χ2n) is 9.42. The van der Waals surface area contributed by atoms with Crippen molar-refractivity contribution in [2.45, 2.75) is 58.0 Å². The quantitative estimate of drug-likeness (QED) is 0.313. The standard InChI is InChI=1S/C30H36ClN3O4S/c1-5-18-32-30(36)27(6-2)33(20-24-13-11-10-12-22(24)3)29(35)21-34(28-17-16-25(31)19-23(28)4)39(37,38)26-14-8-7-9-15-26/h7-17,19,27H,5-6,18,20-21H2,1-4H3,(H,32,36)/t27-/m0/s1. The van der Waals surface area contributed by atoms with Crippen LogP contribution in [0.5, 0.6) is 0 Å². The van der Waals surface area contributed by atoms with E-state index in [4.69, 9.17) is 11.6 Å². The summed E-state index contributed by atoms with van der Waals surface area (Å²) in [5.41, 5.74) is 2.80. The van der Waals surface area contributed by atoms with Crippen molar-refractivity contribution in [1.82, 2.24) is 10.2 Å². The molecule has 0 saturated heterocycles. The number of halogens is 1. The van der Waals surface area contributed by atoms with E-state index in [1.807, 2.05) is 45.0 Å². The van der Waals surface area contributed by atoms with Crippen molar-refractivity contribution >= 4 is 39.1 Å². The SMILES string of the molecule is CCCNC(=O)[C@H](CC)N(Cc1ccccc1C)C(=O)CN(c1ccc(Cl)cc1C)S(=O)(=O)c1ccccc1. The van der Waals surface area contributed by atoms with Gasteiger partial charge in [0.2, 0.25) is 11.8 Å². The van der Waals surface area contributed by atoms with Crippen LogP contribution in [-0.2, 0) is 26.2 Å². The highest BCUT2D eigenvalue weighted by Crippen LogP contribution is 2.29. The average molecular weight is 570 g/mol. The van der Waals surface area contributed by atoms with Crippen LogP contribution in [0.25, 0.3) is 0 Å². The number of carbonyl (C=O) groups is 2. The maximum absolute atomic E-state index is 14.1. The molecule has 0 fully saturated rings. The third-order valence-electron chi connectivity index (χ3n) is 6.57. The van der Waals surface area contributed by atoms with Gasteiger partial charge in [-0.05, 0) is 73.7 Å². The molecule has 3 aromatic rings. The maximum atomic E-state index is 14.1. The molecular weight excluding hydrogens is 534 g/mol. The van der Waals surface area contributed by atoms with Crippen LogP contribution < -0.4 is 9.62 Å². The van der Waals surface area contributed by atoms with Gasteiger partial charge in [0.15, 0.2) is 0 Å². The van der Waals surface area contributed by atoms with Crippen LogP contribution in [0, 0.1) is 13.8 Å². The number of anilines is 1. The summed E-state index contributed by atoms with van der Waals surface area (Å²) in [6.45, 7) is 7.66. The largest absolute Gasteiger partial charge is 0.354 e. The molecule has 0 radical (unpaired) electrons. The lowest BCUT2D eigenvalue weighted by Gasteiger charge is -2.34. The Bertz CT molecular complexity index is 1400. The first kappa shape index (κ1) is 30.2. The Labute approximate surface area is 236 Å². The molecule has 7 nitrogen and oxygen atoms in total. The van der Waals surface area contributed by atoms with Crippen molar-refractivity contribution in [2.75, 3.05) is 17.4 Å². The highest BCUT2D eigenvalue weighted by atomic mass is 35.5. The zero-order chi connectivity index (χ0) is 28.6. The number of amides is 2. The van der Waals surface area contributed by atoms with Crippen molar-refractivity contribution in [3.63, 3.8) is 0 Å². The molecule has 0 spiro atoms. The van der Waals surface area contributed by atoms with Gasteiger partial charge in [-0.15, -0.1) is 0 Å². The smallest absolute Gasteiger partial charge is 0.264 e. The van der Waals surface area contributed by atoms with Crippen molar-refractivity contribution in [2.24, 2.45) is 0 Å². The molecule has 0 aromatic heterocycles. The number of nitrogens with one attached hydrogen (secondary N) is 1. The van der Waals surface area contributed by atoms with Crippen LogP contribution in [0.15, 0.2) is 77.7 Å². The molecule has 1 N–H and O–H groups in total. The van der Waals surface area contributed by atoms with Crippen LogP contribution in [0.1, 0.15) is 43.4 Å². The van der Waals surface area contributed by atoms with Gasteiger partial charge < -0.3 is 10.2 Å². The Hall–Kier alpha value is -3.36. The molecule has 208 valence electrons. The van der Waals surface area contributed by atoms with Crippen LogP contribution in [0.2, 0.25) is 5.02 Å². The van der Waals surface area contributed by atoms with Crippen LogP contribution in [-0.4, -0.2) is 44.3 Å². The van der Waals surface area contributed by atoms with Gasteiger partial charge in [-0.25, -0.2) is 8.42 Å². The molecule has 3 aromatic carbocycles. The Morgan fingerprint density at radius 2 is 1.59 bits per heavy atom. The number of hydrogen-bond acceptors (Lipinski definition) is 4. The highest BCUT2D eigenvalue weighted by Gasteiger charge is 2.34. The fourth-order valence-electron chi connectivity index (χ4n) is 4.39. The summed E-state index contributed by atoms with van der Waals surface area (Å²) >= 11 is 6.16. The average Bonchev–Trinajstić information content (AvgIpc) is 2.92. The Morgan fingerprint density at radius 1 is 0.923 bits per heavy atom. The van der Waals surface area contributed by atoms with E-state index in [0.29, 0.717) is 29.2 Å². The summed E-state index contributed by atoms with van der Waals surface area (Å²) in [5, 5.41) is 3.35. The zero-order valence-corrected chi connectivity index (χ0v) is 24.4. The molecule has 0 heterocycles. The lowest BCUT2D eigenvalue weighted by Crippen LogP contribution is -2.52. The normalized spacial score (nSPS) is 12.0. The van der Waals surface area contributed by atoms with E-state index in [1.165, 1.54) is 17.0 Å². The molecule has 0 unspecified atom stereocenters. The van der Waals surface area contributed by atoms with Crippen molar-refractivity contribution in [1.29, 1.82) is 0 Å². The number of benzene rings is 3. The molecule has 1 atom stereocenters. The van der Waals surface area contributed by atoms with Gasteiger partial charge in [0.05, 0.1) is 10.6 Å². The Kier molecular flexibility index (Phi) is 10.5. The molecule has 0 aliphatic heterocycles. The third kappa shape index (κ3) is 7.40. The molecular formula is C30H36ClN3O4S. The van der Waals surface area contributed by atoms with E-state index in [1.54, 1.807) is 43.3 Å². The van der Waals surface area contributed by atoms with Gasteiger partial charge in [-0.2, -0.15) is 0 Å². The summed E-state index contributed by atoms with van der Waals surface area (Å²) in [7, 11) is -4.12. The molecule has 0 aliphatic rings. The summed E-state index contributed by atoms with van der Waals surface area (Å²) in [5.74, 6) is -0.743. The van der Waals surface area contributed by atoms with Crippen molar-refractivity contribution in [3.8, 4) is 0 Å². The number of carbonyl (C=O) groups excluding carboxylic acids is 2. The van der Waals surface area contributed by atoms with E-state index < -0.39 is 28.5 Å². The summed E-state index contributed by atoms with van der Waals surface area (Å²) in [6.07, 6.45) is 1.13. The number of sulfonamides is 1. The Morgan fingerprint density at radius 3 is 2.21 bits per heavy atom. The molecule has 3 rings (SSSR count). The first-order valence-electron chi connectivity index (χ1n) is 13.1. The lowest BCUT2D eigenvalue weighted by atomic mass is 10.1. The first-order valence-corrected chi connectivity index (χ1v) is 14.9. The minimum absolute atomic E-state index is 0.0605. The van der Waals surface area contributed by atoms with E-state index in [2.05, 4.69) is 5.32 Å². The van der Waals surface area contributed by atoms with Gasteiger partial charge in [-0.1, -0.05) is 67.9 Å². The zero-order valence-electron chi connectivity index (χ0n) is 22.9. The lowest BCUT2D eigenvalue weighted by molar-refractivity contribution is -0.140. The number of aryl methyl sites for hydroxylation is 2. The predicted octanol–water partition coefficient (Wildman–Crippen LogP) is 5.49. The van der Waals surface area contributed by atoms with Crippen LogP contribution >= 0.6 is 11.6 Å². The number of nitrogens with zero attached hydrogens (tertiary/aromatic N) is 2. The van der Waals surface area contributed by atoms with Crippen molar-refractivity contribution < 1.29 is 18.0 Å². The Balaban J connectivity index is 2.08. The van der Waals surface area contributed by atoms with Gasteiger partial charge in [0.1, 0.15) is 12.6 Å². The van der Waals surface area contributed by atoms with E-state index in [0.717, 1.165) is 21.9 Å². The molecule has 0 aliphatic carbocycles. The monoisotopic (exact) mass is 569 g/mol. The molecule has 9 heteroatoms. The second kappa shape index (κ2) is 13.6. The molecule has 0 saturated carbocycles. The number of rotatable bonds is 12. The molecule has 2 amide bonds. The fourth-order valence-corrected chi connectivity index (χ4v) is 6.11. The van der Waals surface area contributed by atoms with Gasteiger partial charge in [0.25, 0.3) is 10.0 Å². The topological polar surface area (TPSA) is 86.8 Å². The minimum Gasteiger partial charge on any atom is -0.354 e. The maximum Gasteiger partial charge on any atom is 0.264 e. The van der Waals surface area contributed by atoms with Gasteiger partial charge in [0, 0.05) is 18.1 Å². The molecule has 39 heavy (non-hydrogen) atoms. The number of hydrogen-bond donors (Lipinski definition) is 1. The predicted molar refractivity (Wildman–Crippen MR) is 156 cm³/mol. The van der Waals surface area contributed by atoms with Gasteiger partial charge >= 0.3 is 0 Å². The third-order valence-corrected chi connectivity index (χ3v) is 8.58. The van der Waals surface area contributed by atoms with Gasteiger partial charge in [-0.3, -0.25) is 13.9 Å². The second-order valence-corrected chi connectivity index (χ2v) is 11.7. The first-order chi connectivity index (χ1) is 18.6. The summed E-state index contributed by atoms with van der Waals surface area (Å²) in [6, 6.07) is 19.7. The van der Waals surface area contributed by atoms with Crippen LogP contribution in [0.4, 0.5) is 5.69 Å².